The highest BCUT2D eigenvalue weighted by atomic mass is 16.5. The van der Waals surface area contributed by atoms with Crippen molar-refractivity contribution < 1.29 is 45.0 Å². The molecule has 0 bridgehead atoms. The maximum atomic E-state index is 11.9. The molecule has 124 valence electrons. The fourth-order valence-corrected chi connectivity index (χ4v) is 1.64. The van der Waals surface area contributed by atoms with Crippen LogP contribution >= 0.6 is 0 Å². The molecule has 2 atom stereocenters. The number of hydrogen-bond donors (Lipinski definition) is 6. The van der Waals surface area contributed by atoms with Crippen LogP contribution in [0.5, 0.6) is 11.5 Å². The van der Waals surface area contributed by atoms with Gasteiger partial charge in [0.05, 0.1) is 0 Å². The fraction of sp³-hybridized carbons (Fsp3) is 0.214. The Morgan fingerprint density at radius 3 is 2.00 bits per heavy atom. The van der Waals surface area contributed by atoms with Crippen molar-refractivity contribution in [3.8, 4) is 11.5 Å². The summed E-state index contributed by atoms with van der Waals surface area (Å²) in [4.78, 5) is 34.0. The van der Waals surface area contributed by atoms with Gasteiger partial charge in [-0.3, -0.25) is 4.79 Å². The Labute approximate surface area is 129 Å². The van der Waals surface area contributed by atoms with Crippen LogP contribution < -0.4 is 0 Å². The Hall–Kier alpha value is -2.91. The summed E-state index contributed by atoms with van der Waals surface area (Å²) in [5, 5.41) is 55.8. The van der Waals surface area contributed by atoms with Crippen molar-refractivity contribution in [2.75, 3.05) is 0 Å². The van der Waals surface area contributed by atoms with Crippen molar-refractivity contribution >= 4 is 23.8 Å². The normalized spacial score (nSPS) is 16.5. The number of ketones is 1. The van der Waals surface area contributed by atoms with Gasteiger partial charge in [0.2, 0.25) is 11.4 Å². The van der Waals surface area contributed by atoms with Crippen LogP contribution in [0.3, 0.4) is 0 Å². The highest BCUT2D eigenvalue weighted by Gasteiger charge is 2.62. The van der Waals surface area contributed by atoms with E-state index in [0.717, 1.165) is 18.2 Å². The lowest BCUT2D eigenvalue weighted by Gasteiger charge is -2.31. The molecule has 0 heterocycles. The van der Waals surface area contributed by atoms with E-state index in [4.69, 9.17) is 15.3 Å². The lowest BCUT2D eigenvalue weighted by molar-refractivity contribution is -0.202. The number of phenolic OH excluding ortho intramolecular Hbond substituents is 2. The van der Waals surface area contributed by atoms with Crippen LogP contribution in [0.25, 0.3) is 6.08 Å². The molecule has 2 unspecified atom stereocenters. The summed E-state index contributed by atoms with van der Waals surface area (Å²) in [6.07, 6.45) is 1.50. The standard InChI is InChI=1S/C14H14O9/c1-13(22,11(18)19)14(23,12(20)21)10(17)5-3-7-2-4-8(15)9(16)6-7/h2-6,15-16,22-23H,1H3,(H,18,19)(H,20,21)/b5-3+. The van der Waals surface area contributed by atoms with Crippen molar-refractivity contribution in [3.05, 3.63) is 29.8 Å². The van der Waals surface area contributed by atoms with E-state index in [2.05, 4.69) is 0 Å². The minimum atomic E-state index is -3.62. The number of rotatable bonds is 6. The average Bonchev–Trinajstić information content (AvgIpc) is 2.46. The second kappa shape index (κ2) is 6.07. The summed E-state index contributed by atoms with van der Waals surface area (Å²) in [5.74, 6) is -6.88. The lowest BCUT2D eigenvalue weighted by atomic mass is 9.80. The predicted octanol–water partition coefficient (Wildman–Crippen LogP) is -0.669. The van der Waals surface area contributed by atoms with Crippen molar-refractivity contribution in [2.45, 2.75) is 18.1 Å². The average molecular weight is 326 g/mol. The van der Waals surface area contributed by atoms with Crippen LogP contribution in [0.1, 0.15) is 12.5 Å². The van der Waals surface area contributed by atoms with Crippen LogP contribution in [-0.2, 0) is 14.4 Å². The number of phenols is 2. The molecule has 0 saturated carbocycles. The molecule has 0 aliphatic carbocycles. The number of benzene rings is 1. The quantitative estimate of drug-likeness (QED) is 0.225. The Bertz CT molecular complexity index is 689. The highest BCUT2D eigenvalue weighted by Crippen LogP contribution is 2.27. The van der Waals surface area contributed by atoms with Gasteiger partial charge >= 0.3 is 11.9 Å². The van der Waals surface area contributed by atoms with Crippen LogP contribution in [0.2, 0.25) is 0 Å². The van der Waals surface area contributed by atoms with Gasteiger partial charge in [0.1, 0.15) is 0 Å². The Morgan fingerprint density at radius 1 is 1.00 bits per heavy atom. The molecule has 1 aromatic carbocycles. The number of carbonyl (C=O) groups is 3. The van der Waals surface area contributed by atoms with Crippen LogP contribution in [0.15, 0.2) is 24.3 Å². The third kappa shape index (κ3) is 3.15. The van der Waals surface area contributed by atoms with Gasteiger partial charge in [-0.25, -0.2) is 9.59 Å². The summed E-state index contributed by atoms with van der Waals surface area (Å²) in [7, 11) is 0. The molecule has 23 heavy (non-hydrogen) atoms. The molecule has 6 N–H and O–H groups in total. The molecule has 1 rings (SSSR count). The topological polar surface area (TPSA) is 173 Å². The lowest BCUT2D eigenvalue weighted by Crippen LogP contribution is -2.66. The van der Waals surface area contributed by atoms with Gasteiger partial charge in [-0.05, 0) is 30.7 Å². The molecule has 9 nitrogen and oxygen atoms in total. The molecule has 0 amide bonds. The summed E-state index contributed by atoms with van der Waals surface area (Å²) >= 11 is 0. The minimum absolute atomic E-state index is 0.149. The Balaban J connectivity index is 3.22. The number of hydrogen-bond acceptors (Lipinski definition) is 7. The highest BCUT2D eigenvalue weighted by molar-refractivity contribution is 6.17. The summed E-state index contributed by atoms with van der Waals surface area (Å²) in [6, 6.07) is 3.39. The van der Waals surface area contributed by atoms with Gasteiger partial charge in [0, 0.05) is 0 Å². The largest absolute Gasteiger partial charge is 0.504 e. The van der Waals surface area contributed by atoms with Crippen molar-refractivity contribution in [3.63, 3.8) is 0 Å². The zero-order chi connectivity index (χ0) is 18.0. The first-order chi connectivity index (χ1) is 10.4. The van der Waals surface area contributed by atoms with E-state index in [1.165, 1.54) is 6.07 Å². The van der Waals surface area contributed by atoms with Crippen molar-refractivity contribution in [1.29, 1.82) is 0 Å². The molecule has 0 spiro atoms. The van der Waals surface area contributed by atoms with E-state index in [1.54, 1.807) is 0 Å². The first-order valence-corrected chi connectivity index (χ1v) is 6.10. The summed E-state index contributed by atoms with van der Waals surface area (Å²) in [6.45, 7) is 0.474. The van der Waals surface area contributed by atoms with Gasteiger partial charge in [0.25, 0.3) is 5.60 Å². The number of aromatic hydroxyl groups is 2. The zero-order valence-corrected chi connectivity index (χ0v) is 11.8. The molecule has 0 aromatic heterocycles. The van der Waals surface area contributed by atoms with Gasteiger partial charge in [-0.2, -0.15) is 0 Å². The number of carboxylic acid groups (broad SMARTS) is 2. The van der Waals surface area contributed by atoms with Crippen LogP contribution in [0, 0.1) is 0 Å². The van der Waals surface area contributed by atoms with E-state index < -0.39 is 40.4 Å². The second-order valence-electron chi connectivity index (χ2n) is 4.84. The second-order valence-corrected chi connectivity index (χ2v) is 4.84. The molecule has 0 saturated heterocycles. The first kappa shape index (κ1) is 18.1. The number of aliphatic hydroxyl groups is 2. The van der Waals surface area contributed by atoms with Crippen molar-refractivity contribution in [1.82, 2.24) is 0 Å². The summed E-state index contributed by atoms with van der Waals surface area (Å²) < 4.78 is 0. The third-order valence-corrected chi connectivity index (χ3v) is 3.21. The molecule has 0 radical (unpaired) electrons. The Morgan fingerprint density at radius 2 is 1.57 bits per heavy atom. The number of carboxylic acids is 2. The molecule has 0 aliphatic rings. The van der Waals surface area contributed by atoms with Crippen molar-refractivity contribution in [2.24, 2.45) is 0 Å². The molecule has 0 aliphatic heterocycles. The van der Waals surface area contributed by atoms with E-state index in [9.17, 15) is 29.7 Å². The smallest absolute Gasteiger partial charge is 0.347 e. The van der Waals surface area contributed by atoms with E-state index in [1.807, 2.05) is 0 Å². The zero-order valence-electron chi connectivity index (χ0n) is 11.8. The van der Waals surface area contributed by atoms with E-state index >= 15 is 0 Å². The molecular formula is C14H14O9. The van der Waals surface area contributed by atoms with Crippen LogP contribution in [-0.4, -0.2) is 59.6 Å². The van der Waals surface area contributed by atoms with E-state index in [-0.39, 0.29) is 5.56 Å². The first-order valence-electron chi connectivity index (χ1n) is 6.10. The van der Waals surface area contributed by atoms with Gasteiger partial charge < -0.3 is 30.6 Å². The maximum absolute atomic E-state index is 11.9. The van der Waals surface area contributed by atoms with Gasteiger partial charge in [-0.1, -0.05) is 12.1 Å². The maximum Gasteiger partial charge on any atom is 0.347 e. The fourth-order valence-electron chi connectivity index (χ4n) is 1.64. The summed E-state index contributed by atoms with van der Waals surface area (Å²) in [5.41, 5.74) is -6.75. The molecular weight excluding hydrogens is 312 g/mol. The Kier molecular flexibility index (Phi) is 4.78. The minimum Gasteiger partial charge on any atom is -0.504 e. The number of carbonyl (C=O) groups excluding carboxylic acids is 1. The van der Waals surface area contributed by atoms with Gasteiger partial charge in [0.15, 0.2) is 11.5 Å². The molecule has 0 fully saturated rings. The van der Waals surface area contributed by atoms with Gasteiger partial charge in [-0.15, -0.1) is 0 Å². The van der Waals surface area contributed by atoms with Crippen LogP contribution in [0.4, 0.5) is 0 Å². The molecule has 9 heteroatoms. The monoisotopic (exact) mass is 326 g/mol. The van der Waals surface area contributed by atoms with E-state index in [0.29, 0.717) is 13.0 Å². The SMILES string of the molecule is CC(O)(C(=O)O)C(O)(C(=O)O)C(=O)/C=C/c1ccc(O)c(O)c1. The predicted molar refractivity (Wildman–Crippen MR) is 74.7 cm³/mol. The third-order valence-electron chi connectivity index (χ3n) is 3.21. The molecule has 1 aromatic rings. The number of aliphatic carboxylic acids is 2.